The first-order valence-corrected chi connectivity index (χ1v) is 6.50. The molecule has 0 saturated heterocycles. The summed E-state index contributed by atoms with van der Waals surface area (Å²) < 4.78 is 1.82. The van der Waals surface area contributed by atoms with Gasteiger partial charge in [-0.15, -0.1) is 0 Å². The second-order valence-corrected chi connectivity index (χ2v) is 4.71. The number of carboxylic acid groups (broad SMARTS) is 1. The summed E-state index contributed by atoms with van der Waals surface area (Å²) in [5.41, 5.74) is 2.36. The zero-order chi connectivity index (χ0) is 14.9. The topological polar surface area (TPSA) is 79.5 Å². The van der Waals surface area contributed by atoms with Gasteiger partial charge in [-0.2, -0.15) is 0 Å². The fourth-order valence-electron chi connectivity index (χ4n) is 2.49. The highest BCUT2D eigenvalue weighted by atomic mass is 16.4. The maximum atomic E-state index is 11.7. The van der Waals surface area contributed by atoms with E-state index in [1.54, 1.807) is 12.3 Å². The average Bonchev–Trinajstić information content (AvgIpc) is 2.77. The van der Waals surface area contributed by atoms with Crippen molar-refractivity contribution in [2.75, 3.05) is 6.61 Å². The van der Waals surface area contributed by atoms with Crippen molar-refractivity contribution >= 4 is 22.7 Å². The number of aliphatic hydroxyl groups excluding tert-OH is 1. The minimum Gasteiger partial charge on any atom is -0.478 e. The highest BCUT2D eigenvalue weighted by molar-refractivity contribution is 6.09. The van der Waals surface area contributed by atoms with Crippen LogP contribution in [0.2, 0.25) is 0 Å². The van der Waals surface area contributed by atoms with Crippen molar-refractivity contribution < 1.29 is 19.8 Å². The largest absolute Gasteiger partial charge is 0.478 e. The van der Waals surface area contributed by atoms with Gasteiger partial charge in [0.25, 0.3) is 0 Å². The molecule has 0 unspecified atom stereocenters. The maximum absolute atomic E-state index is 11.7. The molecule has 5 nitrogen and oxygen atoms in total. The molecular weight excluding hydrogens is 258 g/mol. The van der Waals surface area contributed by atoms with Crippen molar-refractivity contribution in [1.82, 2.24) is 4.57 Å². The number of ketones is 1. The first kappa shape index (κ1) is 14.3. The molecule has 0 fully saturated rings. The third-order valence-electron chi connectivity index (χ3n) is 3.40. The lowest BCUT2D eigenvalue weighted by atomic mass is 10.0. The SMILES string of the molecule is CCc1cc(C(=O)O)cc2c(C(C)=O)cn(CCO)c12. The van der Waals surface area contributed by atoms with E-state index in [1.165, 1.54) is 13.0 Å². The van der Waals surface area contributed by atoms with Crippen molar-refractivity contribution in [3.8, 4) is 0 Å². The van der Waals surface area contributed by atoms with Gasteiger partial charge in [0.15, 0.2) is 5.78 Å². The zero-order valence-electron chi connectivity index (χ0n) is 11.5. The smallest absolute Gasteiger partial charge is 0.335 e. The van der Waals surface area contributed by atoms with Crippen molar-refractivity contribution in [3.05, 3.63) is 35.0 Å². The monoisotopic (exact) mass is 275 g/mol. The van der Waals surface area contributed by atoms with Crippen LogP contribution in [0.25, 0.3) is 10.9 Å². The van der Waals surface area contributed by atoms with Gasteiger partial charge in [0.1, 0.15) is 0 Å². The standard InChI is InChI=1S/C15H17NO4/c1-3-10-6-11(15(19)20)7-12-13(9(2)18)8-16(4-5-17)14(10)12/h6-8,17H,3-5H2,1-2H3,(H,19,20). The highest BCUT2D eigenvalue weighted by Crippen LogP contribution is 2.27. The van der Waals surface area contributed by atoms with Crippen LogP contribution >= 0.6 is 0 Å². The molecule has 5 heteroatoms. The summed E-state index contributed by atoms with van der Waals surface area (Å²) in [6.45, 7) is 3.73. The summed E-state index contributed by atoms with van der Waals surface area (Å²) in [5, 5.41) is 18.9. The molecule has 106 valence electrons. The minimum atomic E-state index is -1.01. The van der Waals surface area contributed by atoms with E-state index in [2.05, 4.69) is 0 Å². The quantitative estimate of drug-likeness (QED) is 0.819. The molecular formula is C15H17NO4. The van der Waals surface area contributed by atoms with Crippen LogP contribution in [0.15, 0.2) is 18.3 Å². The van der Waals surface area contributed by atoms with Gasteiger partial charge in [0.05, 0.1) is 17.7 Å². The molecule has 0 bridgehead atoms. The molecule has 0 saturated carbocycles. The second-order valence-electron chi connectivity index (χ2n) is 4.71. The number of aromatic nitrogens is 1. The maximum Gasteiger partial charge on any atom is 0.335 e. The Morgan fingerprint density at radius 3 is 2.50 bits per heavy atom. The van der Waals surface area contributed by atoms with E-state index in [1.807, 2.05) is 11.5 Å². The summed E-state index contributed by atoms with van der Waals surface area (Å²) in [7, 11) is 0. The molecule has 0 atom stereocenters. The number of carbonyl (C=O) groups excluding carboxylic acids is 1. The molecule has 2 N–H and O–H groups in total. The molecule has 1 aromatic heterocycles. The Hall–Kier alpha value is -2.14. The Morgan fingerprint density at radius 1 is 1.30 bits per heavy atom. The van der Waals surface area contributed by atoms with Gasteiger partial charge < -0.3 is 14.8 Å². The van der Waals surface area contributed by atoms with Crippen LogP contribution in [-0.4, -0.2) is 33.1 Å². The fraction of sp³-hybridized carbons (Fsp3) is 0.333. The Kier molecular flexibility index (Phi) is 3.90. The van der Waals surface area contributed by atoms with E-state index in [0.717, 1.165) is 11.1 Å². The van der Waals surface area contributed by atoms with Crippen LogP contribution in [0.3, 0.4) is 0 Å². The van der Waals surface area contributed by atoms with Crippen LogP contribution < -0.4 is 0 Å². The Morgan fingerprint density at radius 2 is 2.00 bits per heavy atom. The summed E-state index contributed by atoms with van der Waals surface area (Å²) >= 11 is 0. The molecule has 1 heterocycles. The first-order chi connectivity index (χ1) is 9.49. The lowest BCUT2D eigenvalue weighted by Crippen LogP contribution is -2.03. The van der Waals surface area contributed by atoms with E-state index < -0.39 is 5.97 Å². The highest BCUT2D eigenvalue weighted by Gasteiger charge is 2.17. The molecule has 0 spiro atoms. The van der Waals surface area contributed by atoms with Crippen LogP contribution in [0.4, 0.5) is 0 Å². The third-order valence-corrected chi connectivity index (χ3v) is 3.40. The average molecular weight is 275 g/mol. The molecule has 2 rings (SSSR count). The zero-order valence-corrected chi connectivity index (χ0v) is 11.5. The van der Waals surface area contributed by atoms with E-state index in [0.29, 0.717) is 23.9 Å². The molecule has 0 aliphatic carbocycles. The lowest BCUT2D eigenvalue weighted by Gasteiger charge is -2.08. The number of fused-ring (bicyclic) bond motifs is 1. The van der Waals surface area contributed by atoms with E-state index in [4.69, 9.17) is 5.11 Å². The predicted octanol–water partition coefficient (Wildman–Crippen LogP) is 2.10. The van der Waals surface area contributed by atoms with Gasteiger partial charge in [0, 0.05) is 23.7 Å². The third kappa shape index (κ3) is 2.32. The number of nitrogens with zero attached hydrogens (tertiary/aromatic N) is 1. The molecule has 0 amide bonds. The Labute approximate surface area is 116 Å². The number of carbonyl (C=O) groups is 2. The summed E-state index contributed by atoms with van der Waals surface area (Å²) in [6, 6.07) is 3.16. The normalized spacial score (nSPS) is 10.9. The van der Waals surface area contributed by atoms with Gasteiger partial charge in [-0.25, -0.2) is 4.79 Å². The number of carboxylic acids is 1. The molecule has 0 aliphatic heterocycles. The molecule has 20 heavy (non-hydrogen) atoms. The minimum absolute atomic E-state index is 0.0367. The Bertz CT molecular complexity index is 685. The van der Waals surface area contributed by atoms with Crippen molar-refractivity contribution in [1.29, 1.82) is 0 Å². The van der Waals surface area contributed by atoms with Crippen LogP contribution in [0.5, 0.6) is 0 Å². The number of hydrogen-bond acceptors (Lipinski definition) is 3. The van der Waals surface area contributed by atoms with Crippen LogP contribution in [-0.2, 0) is 13.0 Å². The van der Waals surface area contributed by atoms with Crippen LogP contribution in [0, 0.1) is 0 Å². The van der Waals surface area contributed by atoms with Crippen LogP contribution in [0.1, 0.15) is 40.1 Å². The lowest BCUT2D eigenvalue weighted by molar-refractivity contribution is 0.0696. The van der Waals surface area contributed by atoms with E-state index in [-0.39, 0.29) is 18.0 Å². The van der Waals surface area contributed by atoms with Gasteiger partial charge in [-0.05, 0) is 31.0 Å². The number of hydrogen-bond donors (Lipinski definition) is 2. The molecule has 1 aromatic carbocycles. The van der Waals surface area contributed by atoms with Crippen molar-refractivity contribution in [2.24, 2.45) is 0 Å². The number of Topliss-reactive ketones (excluding diaryl/α,β-unsaturated/α-hetero) is 1. The Balaban J connectivity index is 2.85. The van der Waals surface area contributed by atoms with E-state index >= 15 is 0 Å². The second kappa shape index (κ2) is 5.46. The summed E-state index contributed by atoms with van der Waals surface area (Å²) in [5.74, 6) is -1.12. The van der Waals surface area contributed by atoms with Gasteiger partial charge in [0.2, 0.25) is 0 Å². The number of benzene rings is 1. The summed E-state index contributed by atoms with van der Waals surface area (Å²) in [6.07, 6.45) is 2.35. The molecule has 0 radical (unpaired) electrons. The number of aromatic carboxylic acids is 1. The molecule has 0 aliphatic rings. The van der Waals surface area contributed by atoms with Gasteiger partial charge >= 0.3 is 5.97 Å². The number of rotatable bonds is 5. The van der Waals surface area contributed by atoms with Gasteiger partial charge in [-0.3, -0.25) is 4.79 Å². The molecule has 2 aromatic rings. The predicted molar refractivity (Wildman–Crippen MR) is 75.4 cm³/mol. The van der Waals surface area contributed by atoms with Crippen molar-refractivity contribution in [2.45, 2.75) is 26.8 Å². The van der Waals surface area contributed by atoms with E-state index in [9.17, 15) is 14.7 Å². The number of aliphatic hydroxyl groups is 1. The van der Waals surface area contributed by atoms with Crippen molar-refractivity contribution in [3.63, 3.8) is 0 Å². The fourth-order valence-corrected chi connectivity index (χ4v) is 2.49. The number of aryl methyl sites for hydroxylation is 1. The van der Waals surface area contributed by atoms with Gasteiger partial charge in [-0.1, -0.05) is 6.92 Å². The first-order valence-electron chi connectivity index (χ1n) is 6.50. The summed E-state index contributed by atoms with van der Waals surface area (Å²) in [4.78, 5) is 22.9.